The Morgan fingerprint density at radius 1 is 1.07 bits per heavy atom. The smallest absolute Gasteiger partial charge is 0.254 e. The maximum atomic E-state index is 12.5. The molecule has 1 aliphatic heterocycles. The molecule has 1 aliphatic rings. The first kappa shape index (κ1) is 18.1. The molecule has 1 unspecified atom stereocenters. The van der Waals surface area contributed by atoms with Gasteiger partial charge in [-0.2, -0.15) is 5.10 Å². The summed E-state index contributed by atoms with van der Waals surface area (Å²) in [6.07, 6.45) is 7.60. The first-order valence-electron chi connectivity index (χ1n) is 9.84. The van der Waals surface area contributed by atoms with Crippen LogP contribution in [-0.4, -0.2) is 33.3 Å². The summed E-state index contributed by atoms with van der Waals surface area (Å²) in [7, 11) is 0. The van der Waals surface area contributed by atoms with Crippen LogP contribution in [0, 0.1) is 0 Å². The van der Waals surface area contributed by atoms with Crippen LogP contribution in [0.4, 0.5) is 0 Å². The second-order valence-electron chi connectivity index (χ2n) is 7.23. The van der Waals surface area contributed by atoms with Gasteiger partial charge in [-0.25, -0.2) is 4.68 Å². The van der Waals surface area contributed by atoms with Crippen molar-refractivity contribution in [3.63, 3.8) is 0 Å². The minimum absolute atomic E-state index is 0.0859. The molecule has 0 saturated carbocycles. The zero-order chi connectivity index (χ0) is 20.3. The van der Waals surface area contributed by atoms with Gasteiger partial charge < -0.3 is 10.1 Å². The zero-order valence-electron chi connectivity index (χ0n) is 16.2. The normalized spacial score (nSPS) is 14.7. The quantitative estimate of drug-likeness (QED) is 0.559. The number of nitrogens with zero attached hydrogens (tertiary/aromatic N) is 3. The van der Waals surface area contributed by atoms with Gasteiger partial charge in [0.15, 0.2) is 0 Å². The van der Waals surface area contributed by atoms with Gasteiger partial charge >= 0.3 is 0 Å². The number of fused-ring (bicyclic) bond motifs is 1. The fourth-order valence-electron chi connectivity index (χ4n) is 3.62. The van der Waals surface area contributed by atoms with E-state index in [0.717, 1.165) is 34.5 Å². The number of hydrogen-bond donors (Lipinski definition) is 1. The summed E-state index contributed by atoms with van der Waals surface area (Å²) in [5.74, 6) is 0.714. The summed E-state index contributed by atoms with van der Waals surface area (Å²) in [5.41, 5.74) is 4.77. The number of nitrogens with one attached hydrogen (secondary N) is 1. The largest absolute Gasteiger partial charge is 0.488 e. The second kappa shape index (κ2) is 7.83. The molecular weight excluding hydrogens is 376 g/mol. The van der Waals surface area contributed by atoms with E-state index in [-0.39, 0.29) is 12.0 Å². The van der Waals surface area contributed by atoms with Crippen molar-refractivity contribution in [1.82, 2.24) is 20.1 Å². The molecule has 2 aromatic carbocycles. The number of para-hydroxylation sites is 1. The zero-order valence-corrected chi connectivity index (χ0v) is 16.2. The highest BCUT2D eigenvalue weighted by atomic mass is 16.5. The molecule has 30 heavy (non-hydrogen) atoms. The van der Waals surface area contributed by atoms with Gasteiger partial charge in [-0.15, -0.1) is 0 Å². The van der Waals surface area contributed by atoms with Gasteiger partial charge in [0.2, 0.25) is 0 Å². The fourth-order valence-corrected chi connectivity index (χ4v) is 3.62. The molecule has 6 nitrogen and oxygen atoms in total. The average molecular weight is 396 g/mol. The number of carbonyl (C=O) groups is 1. The lowest BCUT2D eigenvalue weighted by Gasteiger charge is -2.11. The molecule has 0 radical (unpaired) electrons. The van der Waals surface area contributed by atoms with Crippen LogP contribution < -0.4 is 10.1 Å². The Bertz CT molecular complexity index is 1170. The number of amides is 1. The Morgan fingerprint density at radius 2 is 1.97 bits per heavy atom. The summed E-state index contributed by atoms with van der Waals surface area (Å²) in [6, 6.07) is 19.8. The van der Waals surface area contributed by atoms with Crippen LogP contribution in [0.15, 0.2) is 85.5 Å². The van der Waals surface area contributed by atoms with Crippen molar-refractivity contribution in [3.8, 4) is 22.6 Å². The Morgan fingerprint density at radius 3 is 2.80 bits per heavy atom. The molecule has 0 saturated heterocycles. The predicted molar refractivity (Wildman–Crippen MR) is 114 cm³/mol. The van der Waals surface area contributed by atoms with Crippen LogP contribution in [0.1, 0.15) is 15.9 Å². The molecule has 2 aromatic heterocycles. The van der Waals surface area contributed by atoms with E-state index < -0.39 is 0 Å². The van der Waals surface area contributed by atoms with Gasteiger partial charge in [0.05, 0.1) is 24.0 Å². The highest BCUT2D eigenvalue weighted by Crippen LogP contribution is 2.32. The molecule has 3 heterocycles. The standard InChI is InChI=1S/C24H20N4O2/c29-24(20-14-27-28(16-20)21-6-2-1-3-7-21)26-15-22-12-19-11-17(8-9-23(19)30-22)18-5-4-10-25-13-18/h1-11,13-14,16,22H,12,15H2,(H,26,29). The molecule has 4 aromatic rings. The third-order valence-corrected chi connectivity index (χ3v) is 5.15. The Labute approximate surface area is 174 Å². The van der Waals surface area contributed by atoms with Crippen molar-refractivity contribution >= 4 is 5.91 Å². The average Bonchev–Trinajstić information content (AvgIpc) is 3.45. The molecule has 148 valence electrons. The minimum Gasteiger partial charge on any atom is -0.488 e. The van der Waals surface area contributed by atoms with Crippen LogP contribution >= 0.6 is 0 Å². The Hall–Kier alpha value is -3.93. The molecule has 0 spiro atoms. The Balaban J connectivity index is 1.21. The predicted octanol–water partition coefficient (Wildman–Crippen LogP) is 3.67. The highest BCUT2D eigenvalue weighted by Gasteiger charge is 2.24. The molecule has 1 atom stereocenters. The maximum absolute atomic E-state index is 12.5. The van der Waals surface area contributed by atoms with Crippen molar-refractivity contribution in [3.05, 3.63) is 96.6 Å². The fraction of sp³-hybridized carbons (Fsp3) is 0.125. The number of aromatic nitrogens is 3. The van der Waals surface area contributed by atoms with Crippen LogP contribution in [-0.2, 0) is 6.42 Å². The summed E-state index contributed by atoms with van der Waals surface area (Å²) in [4.78, 5) is 16.7. The van der Waals surface area contributed by atoms with E-state index in [1.54, 1.807) is 23.3 Å². The van der Waals surface area contributed by atoms with E-state index in [4.69, 9.17) is 4.74 Å². The molecule has 1 N–H and O–H groups in total. The van der Waals surface area contributed by atoms with E-state index in [1.807, 2.05) is 60.8 Å². The lowest BCUT2D eigenvalue weighted by molar-refractivity contribution is 0.0933. The summed E-state index contributed by atoms with van der Waals surface area (Å²) < 4.78 is 7.70. The van der Waals surface area contributed by atoms with Gasteiger partial charge in [0, 0.05) is 30.6 Å². The van der Waals surface area contributed by atoms with E-state index in [2.05, 4.69) is 21.5 Å². The molecule has 1 amide bonds. The van der Waals surface area contributed by atoms with Gasteiger partial charge in [-0.1, -0.05) is 30.3 Å². The summed E-state index contributed by atoms with van der Waals surface area (Å²) in [5, 5.41) is 7.24. The number of rotatable bonds is 5. The number of benzene rings is 2. The highest BCUT2D eigenvalue weighted by molar-refractivity contribution is 5.93. The molecular formula is C24H20N4O2. The van der Waals surface area contributed by atoms with Gasteiger partial charge in [0.25, 0.3) is 5.91 Å². The van der Waals surface area contributed by atoms with Crippen molar-refractivity contribution < 1.29 is 9.53 Å². The van der Waals surface area contributed by atoms with Crippen molar-refractivity contribution in [2.24, 2.45) is 0 Å². The number of ether oxygens (including phenoxy) is 1. The lowest BCUT2D eigenvalue weighted by Crippen LogP contribution is -2.34. The Kier molecular flexibility index (Phi) is 4.73. The van der Waals surface area contributed by atoms with Crippen molar-refractivity contribution in [2.75, 3.05) is 6.54 Å². The van der Waals surface area contributed by atoms with Gasteiger partial charge in [0.1, 0.15) is 11.9 Å². The third-order valence-electron chi connectivity index (χ3n) is 5.15. The monoisotopic (exact) mass is 396 g/mol. The lowest BCUT2D eigenvalue weighted by atomic mass is 10.0. The van der Waals surface area contributed by atoms with Crippen LogP contribution in [0.2, 0.25) is 0 Å². The molecule has 5 rings (SSSR count). The topological polar surface area (TPSA) is 69.0 Å². The SMILES string of the molecule is O=C(NCC1Cc2cc(-c3cccnc3)ccc2O1)c1cnn(-c2ccccc2)c1. The summed E-state index contributed by atoms with van der Waals surface area (Å²) in [6.45, 7) is 0.437. The minimum atomic E-state index is -0.159. The molecule has 6 heteroatoms. The third kappa shape index (κ3) is 3.67. The van der Waals surface area contributed by atoms with Gasteiger partial charge in [-0.05, 0) is 41.5 Å². The van der Waals surface area contributed by atoms with Crippen LogP contribution in [0.25, 0.3) is 16.8 Å². The first-order chi connectivity index (χ1) is 14.8. The number of carbonyl (C=O) groups excluding carboxylic acids is 1. The number of pyridine rings is 1. The number of hydrogen-bond acceptors (Lipinski definition) is 4. The van der Waals surface area contributed by atoms with E-state index in [0.29, 0.717) is 12.1 Å². The van der Waals surface area contributed by atoms with Crippen LogP contribution in [0.3, 0.4) is 0 Å². The van der Waals surface area contributed by atoms with Crippen molar-refractivity contribution in [2.45, 2.75) is 12.5 Å². The first-order valence-corrected chi connectivity index (χ1v) is 9.84. The second-order valence-corrected chi connectivity index (χ2v) is 7.23. The van der Waals surface area contributed by atoms with Gasteiger partial charge in [-0.3, -0.25) is 9.78 Å². The summed E-state index contributed by atoms with van der Waals surface area (Å²) >= 11 is 0. The molecule has 0 bridgehead atoms. The molecule has 0 fully saturated rings. The van der Waals surface area contributed by atoms with E-state index in [9.17, 15) is 4.79 Å². The van der Waals surface area contributed by atoms with E-state index >= 15 is 0 Å². The van der Waals surface area contributed by atoms with Crippen LogP contribution in [0.5, 0.6) is 5.75 Å². The molecule has 0 aliphatic carbocycles. The van der Waals surface area contributed by atoms with E-state index in [1.165, 1.54) is 0 Å². The van der Waals surface area contributed by atoms with Crippen molar-refractivity contribution in [1.29, 1.82) is 0 Å². The maximum Gasteiger partial charge on any atom is 0.254 e.